The molecule has 1 aromatic carbocycles. The largest absolute Gasteiger partial charge is 0.445 e. The van der Waals surface area contributed by atoms with Gasteiger partial charge in [0.25, 0.3) is 16.6 Å². The molecule has 0 aromatic heterocycles. The summed E-state index contributed by atoms with van der Waals surface area (Å²) in [7, 11) is -2.66. The fraction of sp³-hybridized carbons (Fsp3) is 0.222. The summed E-state index contributed by atoms with van der Waals surface area (Å²) in [4.78, 5) is 9.69. The zero-order valence-electron chi connectivity index (χ0n) is 9.42. The number of hydrogen-bond donors (Lipinski definition) is 1. The predicted molar refractivity (Wildman–Crippen MR) is 60.6 cm³/mol. The summed E-state index contributed by atoms with van der Waals surface area (Å²) >= 11 is 0. The van der Waals surface area contributed by atoms with E-state index >= 15 is 0 Å². The molecule has 0 spiro atoms. The van der Waals surface area contributed by atoms with E-state index in [-0.39, 0.29) is 18.1 Å². The summed E-state index contributed by atoms with van der Waals surface area (Å²) in [6.45, 7) is 0.239. The van der Waals surface area contributed by atoms with Crippen molar-refractivity contribution in [3.8, 4) is 0 Å². The Morgan fingerprint density at radius 1 is 1.39 bits per heavy atom. The van der Waals surface area contributed by atoms with E-state index in [1.165, 1.54) is 29.3 Å². The zero-order valence-corrected chi connectivity index (χ0v) is 10.2. The average molecular weight is 273 g/mol. The van der Waals surface area contributed by atoms with Crippen molar-refractivity contribution in [1.29, 1.82) is 0 Å². The Balaban J connectivity index is 2.69. The average Bonchev–Trinajstić information content (AvgIpc) is 2.33. The van der Waals surface area contributed by atoms with Gasteiger partial charge in [-0.1, -0.05) is 5.22 Å². The van der Waals surface area contributed by atoms with E-state index in [0.717, 1.165) is 0 Å². The van der Waals surface area contributed by atoms with Gasteiger partial charge in [0.2, 0.25) is 0 Å². The molecule has 0 unspecified atom stereocenters. The minimum Gasteiger partial charge on any atom is -0.445 e. The Morgan fingerprint density at radius 2 is 2.00 bits per heavy atom. The maximum Gasteiger partial charge on any atom is 0.294 e. The van der Waals surface area contributed by atoms with Gasteiger partial charge in [-0.05, 0) is 24.3 Å². The lowest BCUT2D eigenvalue weighted by Crippen LogP contribution is -2.13. The van der Waals surface area contributed by atoms with Gasteiger partial charge in [-0.3, -0.25) is 9.35 Å². The van der Waals surface area contributed by atoms with Crippen molar-refractivity contribution in [2.75, 3.05) is 13.8 Å². The summed E-state index contributed by atoms with van der Waals surface area (Å²) in [5.41, 5.74) is 0.389. The highest BCUT2D eigenvalue weighted by atomic mass is 32.2. The lowest BCUT2D eigenvalue weighted by Gasteiger charge is -2.08. The van der Waals surface area contributed by atoms with E-state index in [0.29, 0.717) is 5.69 Å². The van der Waals surface area contributed by atoms with Crippen LogP contribution in [0.15, 0.2) is 39.5 Å². The summed E-state index contributed by atoms with van der Waals surface area (Å²) in [6.07, 6.45) is 0. The highest BCUT2D eigenvalue weighted by Crippen LogP contribution is 2.16. The van der Waals surface area contributed by atoms with Crippen LogP contribution < -0.4 is 0 Å². The molecule has 0 aliphatic carbocycles. The highest BCUT2D eigenvalue weighted by molar-refractivity contribution is 7.85. The predicted octanol–water partition coefficient (Wildman–Crippen LogP) is 0.994. The number of carbonyl (C=O) groups excluding carboxylic acids is 1. The van der Waals surface area contributed by atoms with Gasteiger partial charge in [-0.25, -0.2) is 5.01 Å². The molecular formula is C9H11N3O5S. The van der Waals surface area contributed by atoms with E-state index < -0.39 is 10.1 Å². The first-order valence-electron chi connectivity index (χ1n) is 4.69. The zero-order chi connectivity index (χ0) is 13.6. The van der Waals surface area contributed by atoms with Crippen LogP contribution in [-0.2, 0) is 19.6 Å². The molecule has 1 rings (SSSR count). The van der Waals surface area contributed by atoms with Crippen molar-refractivity contribution >= 4 is 22.3 Å². The molecule has 1 N–H and O–H groups in total. The second kappa shape index (κ2) is 6.07. The molecule has 0 amide bonds. The Kier molecular flexibility index (Phi) is 4.75. The number of nitrogens with zero attached hydrogens (tertiary/aromatic N) is 3. The Labute approximate surface area is 104 Å². The number of carbonyl (C=O) groups is 1. The van der Waals surface area contributed by atoms with Crippen LogP contribution in [0.1, 0.15) is 0 Å². The Morgan fingerprint density at radius 3 is 2.50 bits per heavy atom. The highest BCUT2D eigenvalue weighted by Gasteiger charge is 2.07. The number of benzene rings is 1. The van der Waals surface area contributed by atoms with Crippen LogP contribution in [0.2, 0.25) is 0 Å². The van der Waals surface area contributed by atoms with Gasteiger partial charge in [-0.2, -0.15) is 8.42 Å². The number of ether oxygens (including phenoxy) is 1. The summed E-state index contributed by atoms with van der Waals surface area (Å²) in [5.74, 6) is 0. The van der Waals surface area contributed by atoms with Crippen molar-refractivity contribution in [2.24, 2.45) is 10.3 Å². The first kappa shape index (κ1) is 14.1. The van der Waals surface area contributed by atoms with Crippen molar-refractivity contribution in [2.45, 2.75) is 4.90 Å². The fourth-order valence-electron chi connectivity index (χ4n) is 0.977. The van der Waals surface area contributed by atoms with E-state index in [4.69, 9.17) is 4.55 Å². The minimum atomic E-state index is -4.20. The molecule has 0 atom stereocenters. The molecule has 0 saturated carbocycles. The van der Waals surface area contributed by atoms with Gasteiger partial charge < -0.3 is 4.74 Å². The van der Waals surface area contributed by atoms with Gasteiger partial charge in [0.05, 0.1) is 10.6 Å². The third-order valence-electron chi connectivity index (χ3n) is 1.78. The van der Waals surface area contributed by atoms with Crippen molar-refractivity contribution in [3.05, 3.63) is 24.3 Å². The van der Waals surface area contributed by atoms with Gasteiger partial charge in [-0.15, -0.1) is 5.11 Å². The molecular weight excluding hydrogens is 262 g/mol. The molecule has 1 aromatic rings. The summed E-state index contributed by atoms with van der Waals surface area (Å²) < 4.78 is 34.7. The van der Waals surface area contributed by atoms with Crippen LogP contribution in [0.4, 0.5) is 5.69 Å². The molecule has 18 heavy (non-hydrogen) atoms. The molecule has 0 radical (unpaired) electrons. The third-order valence-corrected chi connectivity index (χ3v) is 2.64. The maximum atomic E-state index is 10.8. The molecule has 9 heteroatoms. The molecule has 0 fully saturated rings. The van der Waals surface area contributed by atoms with Gasteiger partial charge in [0.15, 0.2) is 6.73 Å². The fourth-order valence-corrected chi connectivity index (χ4v) is 1.46. The Hall–Kier alpha value is -2.00. The van der Waals surface area contributed by atoms with Crippen molar-refractivity contribution < 1.29 is 22.5 Å². The monoisotopic (exact) mass is 273 g/mol. The van der Waals surface area contributed by atoms with Crippen LogP contribution >= 0.6 is 0 Å². The smallest absolute Gasteiger partial charge is 0.294 e. The minimum absolute atomic E-state index is 0.0455. The van der Waals surface area contributed by atoms with Gasteiger partial charge in [0.1, 0.15) is 0 Å². The van der Waals surface area contributed by atoms with Crippen molar-refractivity contribution in [1.82, 2.24) is 5.01 Å². The van der Waals surface area contributed by atoms with E-state index in [9.17, 15) is 13.2 Å². The van der Waals surface area contributed by atoms with Crippen LogP contribution in [-0.4, -0.2) is 38.2 Å². The lowest BCUT2D eigenvalue weighted by atomic mass is 10.3. The normalized spacial score (nSPS) is 11.4. The first-order chi connectivity index (χ1) is 8.43. The second-order valence-corrected chi connectivity index (χ2v) is 4.63. The molecule has 0 saturated heterocycles. The lowest BCUT2D eigenvalue weighted by molar-refractivity contribution is -0.132. The molecule has 0 aliphatic heterocycles. The standard InChI is InChI=1S/C9H11N3O5S/c1-12(6-17-7-13)11-10-8-2-4-9(5-3-8)18(14,15)16/h2-5,7H,6H2,1H3,(H,14,15,16). The quantitative estimate of drug-likeness (QED) is 0.272. The SMILES string of the molecule is CN(COC=O)N=Nc1ccc(S(=O)(=O)O)cc1. The Bertz CT molecular complexity index is 526. The van der Waals surface area contributed by atoms with Crippen LogP contribution in [0.25, 0.3) is 0 Å². The van der Waals surface area contributed by atoms with E-state index in [1.54, 1.807) is 7.05 Å². The topological polar surface area (TPSA) is 109 Å². The van der Waals surface area contributed by atoms with E-state index in [2.05, 4.69) is 15.1 Å². The number of hydrogen-bond acceptors (Lipinski definition) is 6. The van der Waals surface area contributed by atoms with Crippen LogP contribution in [0.3, 0.4) is 0 Å². The van der Waals surface area contributed by atoms with Gasteiger partial charge >= 0.3 is 0 Å². The molecule has 0 heterocycles. The first-order valence-corrected chi connectivity index (χ1v) is 6.13. The van der Waals surface area contributed by atoms with Crippen molar-refractivity contribution in [3.63, 3.8) is 0 Å². The number of rotatable bonds is 6. The summed E-state index contributed by atoms with van der Waals surface area (Å²) in [5, 5.41) is 8.72. The molecule has 98 valence electrons. The van der Waals surface area contributed by atoms with Crippen LogP contribution in [0.5, 0.6) is 0 Å². The molecule has 0 bridgehead atoms. The molecule has 8 nitrogen and oxygen atoms in total. The maximum absolute atomic E-state index is 10.8. The van der Waals surface area contributed by atoms with E-state index in [1.807, 2.05) is 0 Å². The van der Waals surface area contributed by atoms with Crippen LogP contribution in [0, 0.1) is 0 Å². The summed E-state index contributed by atoms with van der Waals surface area (Å²) in [6, 6.07) is 5.15. The second-order valence-electron chi connectivity index (χ2n) is 3.21. The third kappa shape index (κ3) is 4.47. The van der Waals surface area contributed by atoms with Gasteiger partial charge in [0, 0.05) is 7.05 Å². The molecule has 0 aliphatic rings.